The van der Waals surface area contributed by atoms with Crippen molar-refractivity contribution < 1.29 is 18.7 Å². The zero-order chi connectivity index (χ0) is 20.2. The third-order valence-corrected chi connectivity index (χ3v) is 5.02. The molecule has 2 aromatic carbocycles. The maximum atomic E-state index is 13.9. The van der Waals surface area contributed by atoms with Crippen LogP contribution >= 0.6 is 0 Å². The highest BCUT2D eigenvalue weighted by Crippen LogP contribution is 2.20. The van der Waals surface area contributed by atoms with Gasteiger partial charge in [-0.25, -0.2) is 14.2 Å². The first kappa shape index (κ1) is 18.9. The van der Waals surface area contributed by atoms with Gasteiger partial charge in [0.1, 0.15) is 5.82 Å². The maximum absolute atomic E-state index is 13.9. The van der Waals surface area contributed by atoms with Gasteiger partial charge in [0, 0.05) is 37.8 Å². The average molecular weight is 393 g/mol. The van der Waals surface area contributed by atoms with Gasteiger partial charge in [-0.2, -0.15) is 0 Å². The van der Waals surface area contributed by atoms with Gasteiger partial charge in [0.05, 0.1) is 5.69 Å². The molecule has 0 aliphatic carbocycles. The summed E-state index contributed by atoms with van der Waals surface area (Å²) in [4.78, 5) is 32.5. The van der Waals surface area contributed by atoms with Gasteiger partial charge >= 0.3 is 5.97 Å². The Bertz CT molecular complexity index is 1040. The van der Waals surface area contributed by atoms with Crippen LogP contribution in [0.5, 0.6) is 0 Å². The van der Waals surface area contributed by atoms with Crippen LogP contribution < -0.4 is 4.90 Å². The van der Waals surface area contributed by atoms with Crippen molar-refractivity contribution in [2.75, 3.05) is 37.7 Å². The number of fused-ring (bicyclic) bond motifs is 1. The molecule has 1 aromatic heterocycles. The summed E-state index contributed by atoms with van der Waals surface area (Å²) >= 11 is 0. The molecule has 0 unspecified atom stereocenters. The monoisotopic (exact) mass is 393 g/mol. The number of carbonyl (C=O) groups excluding carboxylic acids is 2. The lowest BCUT2D eigenvalue weighted by molar-refractivity contribution is -0.134. The molecule has 1 amide bonds. The quantitative estimate of drug-likeness (QED) is 0.638. The highest BCUT2D eigenvalue weighted by molar-refractivity contribution is 6.03. The Kier molecular flexibility index (Phi) is 5.37. The molecular weight excluding hydrogens is 373 g/mol. The Labute approximate surface area is 167 Å². The molecule has 0 N–H and O–H groups in total. The Hall–Kier alpha value is -3.48. The van der Waals surface area contributed by atoms with Crippen LogP contribution in [0.3, 0.4) is 0 Å². The number of halogens is 1. The Morgan fingerprint density at radius 3 is 2.48 bits per heavy atom. The number of amides is 1. The van der Waals surface area contributed by atoms with E-state index in [9.17, 15) is 14.0 Å². The lowest BCUT2D eigenvalue weighted by Gasteiger charge is -2.36. The van der Waals surface area contributed by atoms with Crippen molar-refractivity contribution >= 4 is 28.3 Å². The van der Waals surface area contributed by atoms with Crippen LogP contribution in [0.25, 0.3) is 10.8 Å². The fraction of sp³-hybridized carbons (Fsp3) is 0.227. The molecular formula is C22H20FN3O3. The summed E-state index contributed by atoms with van der Waals surface area (Å²) in [5.41, 5.74) is 0.730. The predicted octanol–water partition coefficient (Wildman–Crippen LogP) is 2.88. The molecule has 29 heavy (non-hydrogen) atoms. The number of para-hydroxylation sites is 1. The van der Waals surface area contributed by atoms with E-state index in [-0.39, 0.29) is 24.0 Å². The first-order chi connectivity index (χ1) is 14.1. The number of benzene rings is 2. The minimum absolute atomic E-state index is 0.195. The molecule has 1 fully saturated rings. The first-order valence-electron chi connectivity index (χ1n) is 9.41. The van der Waals surface area contributed by atoms with Crippen molar-refractivity contribution in [3.8, 4) is 0 Å². The van der Waals surface area contributed by atoms with Crippen molar-refractivity contribution in [3.05, 3.63) is 72.3 Å². The van der Waals surface area contributed by atoms with Gasteiger partial charge < -0.3 is 14.5 Å². The number of pyridine rings is 1. The Morgan fingerprint density at radius 1 is 0.966 bits per heavy atom. The molecule has 0 bridgehead atoms. The average Bonchev–Trinajstić information content (AvgIpc) is 2.77. The number of esters is 1. The Morgan fingerprint density at radius 2 is 1.69 bits per heavy atom. The van der Waals surface area contributed by atoms with Crippen molar-refractivity contribution in [2.24, 2.45) is 0 Å². The summed E-state index contributed by atoms with van der Waals surface area (Å²) in [5, 5.41) is 1.57. The number of nitrogens with zero attached hydrogens (tertiary/aromatic N) is 3. The van der Waals surface area contributed by atoms with Crippen molar-refractivity contribution in [3.63, 3.8) is 0 Å². The molecule has 1 aliphatic heterocycles. The lowest BCUT2D eigenvalue weighted by Crippen LogP contribution is -2.50. The van der Waals surface area contributed by atoms with E-state index in [0.717, 1.165) is 5.39 Å². The van der Waals surface area contributed by atoms with Gasteiger partial charge in [-0.15, -0.1) is 0 Å². The highest BCUT2D eigenvalue weighted by Gasteiger charge is 2.24. The number of piperazine rings is 1. The zero-order valence-corrected chi connectivity index (χ0v) is 15.8. The van der Waals surface area contributed by atoms with Gasteiger partial charge in [-0.1, -0.05) is 36.4 Å². The standard InChI is InChI=1S/C22H20FN3O3/c23-18-7-3-4-8-19(18)25-11-13-26(14-12-25)20(27)15-29-22(28)21-17-6-2-1-5-16(17)9-10-24-21/h1-10H,11-15H2. The number of rotatable bonds is 4. The lowest BCUT2D eigenvalue weighted by atomic mass is 10.1. The number of hydrogen-bond donors (Lipinski definition) is 0. The maximum Gasteiger partial charge on any atom is 0.358 e. The normalized spacial score (nSPS) is 14.1. The predicted molar refractivity (Wildman–Crippen MR) is 107 cm³/mol. The molecule has 148 valence electrons. The van der Waals surface area contributed by atoms with Crippen LogP contribution in [0.15, 0.2) is 60.8 Å². The van der Waals surface area contributed by atoms with Crippen molar-refractivity contribution in [2.45, 2.75) is 0 Å². The summed E-state index contributed by atoms with van der Waals surface area (Å²) < 4.78 is 19.1. The molecule has 3 aromatic rings. The zero-order valence-electron chi connectivity index (χ0n) is 15.8. The third kappa shape index (κ3) is 4.03. The van der Waals surface area contributed by atoms with Gasteiger partial charge in [0.2, 0.25) is 0 Å². The number of hydrogen-bond acceptors (Lipinski definition) is 5. The highest BCUT2D eigenvalue weighted by atomic mass is 19.1. The molecule has 1 aliphatic rings. The molecule has 0 radical (unpaired) electrons. The van der Waals surface area contributed by atoms with E-state index < -0.39 is 5.97 Å². The smallest absolute Gasteiger partial charge is 0.358 e. The molecule has 0 atom stereocenters. The van der Waals surface area contributed by atoms with E-state index in [0.29, 0.717) is 37.3 Å². The fourth-order valence-corrected chi connectivity index (χ4v) is 3.47. The third-order valence-electron chi connectivity index (χ3n) is 5.02. The molecule has 1 saturated heterocycles. The van der Waals surface area contributed by atoms with Crippen LogP contribution in [0.1, 0.15) is 10.5 Å². The minimum Gasteiger partial charge on any atom is -0.451 e. The summed E-state index contributed by atoms with van der Waals surface area (Å²) in [6.07, 6.45) is 1.54. The summed E-state index contributed by atoms with van der Waals surface area (Å²) in [6, 6.07) is 15.8. The molecule has 7 heteroatoms. The molecule has 0 saturated carbocycles. The van der Waals surface area contributed by atoms with E-state index >= 15 is 0 Å². The van der Waals surface area contributed by atoms with E-state index in [4.69, 9.17) is 4.74 Å². The van der Waals surface area contributed by atoms with E-state index in [2.05, 4.69) is 4.98 Å². The first-order valence-corrected chi connectivity index (χ1v) is 9.41. The number of aromatic nitrogens is 1. The van der Waals surface area contributed by atoms with Gasteiger partial charge in [-0.05, 0) is 23.6 Å². The van der Waals surface area contributed by atoms with Gasteiger partial charge in [0.25, 0.3) is 5.91 Å². The fourth-order valence-electron chi connectivity index (χ4n) is 3.47. The number of ether oxygens (including phenoxy) is 1. The van der Waals surface area contributed by atoms with E-state index in [1.807, 2.05) is 29.2 Å². The van der Waals surface area contributed by atoms with Crippen LogP contribution in [0.2, 0.25) is 0 Å². The molecule has 0 spiro atoms. The second-order valence-corrected chi connectivity index (χ2v) is 6.78. The SMILES string of the molecule is O=C(OCC(=O)N1CCN(c2ccccc2F)CC1)c1nccc2ccccc12. The van der Waals surface area contributed by atoms with Crippen LogP contribution in [-0.2, 0) is 9.53 Å². The summed E-state index contributed by atoms with van der Waals surface area (Å²) in [5.74, 6) is -1.17. The van der Waals surface area contributed by atoms with Crippen LogP contribution in [0.4, 0.5) is 10.1 Å². The van der Waals surface area contributed by atoms with Crippen LogP contribution in [-0.4, -0.2) is 54.5 Å². The Balaban J connectivity index is 1.33. The molecule has 6 nitrogen and oxygen atoms in total. The number of carbonyl (C=O) groups is 2. The largest absolute Gasteiger partial charge is 0.451 e. The topological polar surface area (TPSA) is 62.7 Å². The minimum atomic E-state index is -0.625. The van der Waals surface area contributed by atoms with Crippen molar-refractivity contribution in [1.29, 1.82) is 0 Å². The molecule has 2 heterocycles. The second-order valence-electron chi connectivity index (χ2n) is 6.78. The van der Waals surface area contributed by atoms with Gasteiger partial charge in [-0.3, -0.25) is 4.79 Å². The number of anilines is 1. The van der Waals surface area contributed by atoms with Crippen molar-refractivity contribution in [1.82, 2.24) is 9.88 Å². The summed E-state index contributed by atoms with van der Waals surface area (Å²) in [7, 11) is 0. The second kappa shape index (κ2) is 8.26. The van der Waals surface area contributed by atoms with E-state index in [1.54, 1.807) is 35.4 Å². The molecule has 4 rings (SSSR count). The summed E-state index contributed by atoms with van der Waals surface area (Å²) in [6.45, 7) is 1.58. The van der Waals surface area contributed by atoms with E-state index in [1.165, 1.54) is 6.07 Å². The van der Waals surface area contributed by atoms with Gasteiger partial charge in [0.15, 0.2) is 12.3 Å². The van der Waals surface area contributed by atoms with Crippen LogP contribution in [0, 0.1) is 5.82 Å².